The largest absolute Gasteiger partial charge is 0.298 e. The molecule has 0 atom stereocenters. The molecule has 1 aliphatic heterocycles. The summed E-state index contributed by atoms with van der Waals surface area (Å²) in [5, 5.41) is 0. The Morgan fingerprint density at radius 3 is 3.15 bits per heavy atom. The summed E-state index contributed by atoms with van der Waals surface area (Å²) < 4.78 is 0. The molecule has 0 fully saturated rings. The highest BCUT2D eigenvalue weighted by Gasteiger charge is 2.22. The van der Waals surface area contributed by atoms with Crippen molar-refractivity contribution in [2.24, 2.45) is 0 Å². The van der Waals surface area contributed by atoms with Gasteiger partial charge in [-0.3, -0.25) is 9.69 Å². The number of amides is 1. The zero-order chi connectivity index (χ0) is 9.42. The predicted molar refractivity (Wildman–Crippen MR) is 50.9 cm³/mol. The van der Waals surface area contributed by atoms with E-state index in [1.165, 1.54) is 11.8 Å². The predicted octanol–water partition coefficient (Wildman–Crippen LogP) is 0.854. The van der Waals surface area contributed by atoms with Crippen LogP contribution in [0.3, 0.4) is 0 Å². The van der Waals surface area contributed by atoms with Crippen molar-refractivity contribution in [3.05, 3.63) is 12.0 Å². The highest BCUT2D eigenvalue weighted by Crippen LogP contribution is 2.31. The van der Waals surface area contributed by atoms with Crippen LogP contribution in [0.5, 0.6) is 0 Å². The first kappa shape index (κ1) is 8.50. The average Bonchev–Trinajstić information content (AvgIpc) is 2.12. The van der Waals surface area contributed by atoms with E-state index in [4.69, 9.17) is 0 Å². The molecule has 0 radical (unpaired) electrons. The van der Waals surface area contributed by atoms with E-state index in [0.29, 0.717) is 11.6 Å². The molecule has 0 bridgehead atoms. The maximum Gasteiger partial charge on any atom is 0.238 e. The molecular weight excluding hydrogens is 186 g/mol. The van der Waals surface area contributed by atoms with E-state index in [1.54, 1.807) is 18.1 Å². The molecule has 5 heteroatoms. The second kappa shape index (κ2) is 2.99. The van der Waals surface area contributed by atoms with Crippen molar-refractivity contribution >= 4 is 23.5 Å². The fraction of sp³-hybridized carbons (Fsp3) is 0.375. The Hall–Kier alpha value is -1.10. The lowest BCUT2D eigenvalue weighted by molar-refractivity contribution is -0.116. The van der Waals surface area contributed by atoms with Gasteiger partial charge in [-0.2, -0.15) is 0 Å². The smallest absolute Gasteiger partial charge is 0.238 e. The fourth-order valence-electron chi connectivity index (χ4n) is 1.14. The van der Waals surface area contributed by atoms with Gasteiger partial charge >= 0.3 is 0 Å². The van der Waals surface area contributed by atoms with Crippen LogP contribution >= 0.6 is 11.8 Å². The molecule has 13 heavy (non-hydrogen) atoms. The Balaban J connectivity index is 2.51. The van der Waals surface area contributed by atoms with Crippen molar-refractivity contribution < 1.29 is 4.79 Å². The molecule has 0 spiro atoms. The number of carbonyl (C=O) groups excluding carboxylic acids is 1. The van der Waals surface area contributed by atoms with Gasteiger partial charge in [0.1, 0.15) is 5.82 Å². The molecular formula is C8H9N3OS. The molecule has 0 saturated heterocycles. The van der Waals surface area contributed by atoms with Gasteiger partial charge in [0.2, 0.25) is 5.91 Å². The first-order valence-electron chi connectivity index (χ1n) is 3.91. The molecule has 0 N–H and O–H groups in total. The third kappa shape index (κ3) is 1.39. The van der Waals surface area contributed by atoms with Gasteiger partial charge in [-0.05, 0) is 6.92 Å². The molecule has 68 valence electrons. The second-order valence-corrected chi connectivity index (χ2v) is 3.86. The summed E-state index contributed by atoms with van der Waals surface area (Å²) in [6.07, 6.45) is 1.77. The molecule has 4 nitrogen and oxygen atoms in total. The minimum atomic E-state index is 0.0931. The molecule has 2 rings (SSSR count). The number of carbonyl (C=O) groups is 1. The number of rotatable bonds is 0. The maximum atomic E-state index is 11.3. The molecule has 0 aliphatic carbocycles. The zero-order valence-electron chi connectivity index (χ0n) is 7.44. The summed E-state index contributed by atoms with van der Waals surface area (Å²) >= 11 is 1.49. The van der Waals surface area contributed by atoms with Gasteiger partial charge in [-0.1, -0.05) is 0 Å². The lowest BCUT2D eigenvalue weighted by atomic mass is 10.4. The number of fused-ring (bicyclic) bond motifs is 1. The van der Waals surface area contributed by atoms with Gasteiger partial charge in [0.15, 0.2) is 5.82 Å². The lowest BCUT2D eigenvalue weighted by Crippen LogP contribution is -2.32. The molecule has 0 aromatic carbocycles. The van der Waals surface area contributed by atoms with Gasteiger partial charge in [-0.25, -0.2) is 9.97 Å². The van der Waals surface area contributed by atoms with Crippen LogP contribution in [0.25, 0.3) is 0 Å². The van der Waals surface area contributed by atoms with Crippen molar-refractivity contribution in [3.8, 4) is 0 Å². The lowest BCUT2D eigenvalue weighted by Gasteiger charge is -2.23. The number of nitrogens with zero attached hydrogens (tertiary/aromatic N) is 3. The first-order chi connectivity index (χ1) is 6.18. The summed E-state index contributed by atoms with van der Waals surface area (Å²) in [6.45, 7) is 1.82. The van der Waals surface area contributed by atoms with Crippen molar-refractivity contribution in [1.82, 2.24) is 9.97 Å². The third-order valence-corrected chi connectivity index (χ3v) is 2.89. The van der Waals surface area contributed by atoms with E-state index >= 15 is 0 Å². The highest BCUT2D eigenvalue weighted by atomic mass is 32.2. The minimum Gasteiger partial charge on any atom is -0.298 e. The molecule has 1 aromatic rings. The Morgan fingerprint density at radius 1 is 1.62 bits per heavy atom. The topological polar surface area (TPSA) is 46.1 Å². The van der Waals surface area contributed by atoms with E-state index in [0.717, 1.165) is 10.7 Å². The second-order valence-electron chi connectivity index (χ2n) is 2.85. The van der Waals surface area contributed by atoms with Gasteiger partial charge in [0, 0.05) is 13.2 Å². The number of thioether (sulfide) groups is 1. The monoisotopic (exact) mass is 195 g/mol. The quantitative estimate of drug-likeness (QED) is 0.615. The SMILES string of the molecule is Cc1ncc2c(n1)N(C)C(=O)CS2. The van der Waals surface area contributed by atoms with E-state index in [1.807, 2.05) is 6.92 Å². The van der Waals surface area contributed by atoms with Crippen LogP contribution < -0.4 is 4.90 Å². The number of aromatic nitrogens is 2. The first-order valence-corrected chi connectivity index (χ1v) is 4.90. The van der Waals surface area contributed by atoms with Crippen LogP contribution in [-0.4, -0.2) is 28.7 Å². The van der Waals surface area contributed by atoms with Crippen molar-refractivity contribution in [3.63, 3.8) is 0 Å². The van der Waals surface area contributed by atoms with Crippen molar-refractivity contribution in [2.45, 2.75) is 11.8 Å². The summed E-state index contributed by atoms with van der Waals surface area (Å²) in [7, 11) is 1.74. The Labute approximate surface area is 80.4 Å². The Kier molecular flexibility index (Phi) is 1.95. The van der Waals surface area contributed by atoms with Gasteiger partial charge < -0.3 is 0 Å². The maximum absolute atomic E-state index is 11.3. The summed E-state index contributed by atoms with van der Waals surface area (Å²) in [6, 6.07) is 0. The Morgan fingerprint density at radius 2 is 2.38 bits per heavy atom. The molecule has 2 heterocycles. The molecule has 0 unspecified atom stereocenters. The van der Waals surface area contributed by atoms with Crippen LogP contribution in [0.4, 0.5) is 5.82 Å². The van der Waals surface area contributed by atoms with Crippen molar-refractivity contribution in [2.75, 3.05) is 17.7 Å². The molecule has 1 aliphatic rings. The van der Waals surface area contributed by atoms with Crippen LogP contribution in [0.1, 0.15) is 5.82 Å². The normalized spacial score (nSPS) is 15.8. The van der Waals surface area contributed by atoms with Crippen molar-refractivity contribution in [1.29, 1.82) is 0 Å². The van der Waals surface area contributed by atoms with Gasteiger partial charge in [0.25, 0.3) is 0 Å². The average molecular weight is 195 g/mol. The number of hydrogen-bond donors (Lipinski definition) is 0. The summed E-state index contributed by atoms with van der Waals surface area (Å²) in [5.74, 6) is 2.00. The fourth-order valence-corrected chi connectivity index (χ4v) is 2.06. The summed E-state index contributed by atoms with van der Waals surface area (Å²) in [4.78, 5) is 22.2. The third-order valence-electron chi connectivity index (χ3n) is 1.90. The molecule has 1 aromatic heterocycles. The minimum absolute atomic E-state index is 0.0931. The van der Waals surface area contributed by atoms with E-state index in [-0.39, 0.29) is 5.91 Å². The number of hydrogen-bond acceptors (Lipinski definition) is 4. The van der Waals surface area contributed by atoms with E-state index in [9.17, 15) is 4.79 Å². The number of aryl methyl sites for hydroxylation is 1. The van der Waals surface area contributed by atoms with Crippen LogP contribution in [0, 0.1) is 6.92 Å². The highest BCUT2D eigenvalue weighted by molar-refractivity contribution is 8.00. The van der Waals surface area contributed by atoms with Gasteiger partial charge in [-0.15, -0.1) is 11.8 Å². The molecule has 0 saturated carbocycles. The number of anilines is 1. The van der Waals surface area contributed by atoms with Crippen LogP contribution in [0.15, 0.2) is 11.1 Å². The summed E-state index contributed by atoms with van der Waals surface area (Å²) in [5.41, 5.74) is 0. The Bertz CT molecular complexity index is 366. The van der Waals surface area contributed by atoms with E-state index < -0.39 is 0 Å². The van der Waals surface area contributed by atoms with Crippen LogP contribution in [-0.2, 0) is 4.79 Å². The van der Waals surface area contributed by atoms with Crippen LogP contribution in [0.2, 0.25) is 0 Å². The standard InChI is InChI=1S/C8H9N3OS/c1-5-9-3-6-8(10-5)11(2)7(12)4-13-6/h3H,4H2,1-2H3. The van der Waals surface area contributed by atoms with Gasteiger partial charge in [0.05, 0.1) is 10.6 Å². The van der Waals surface area contributed by atoms with E-state index in [2.05, 4.69) is 9.97 Å². The zero-order valence-corrected chi connectivity index (χ0v) is 8.26. The molecule has 1 amide bonds.